The van der Waals surface area contributed by atoms with Crippen LogP contribution in [0.15, 0.2) is 18.2 Å². The summed E-state index contributed by atoms with van der Waals surface area (Å²) >= 11 is 0. The first-order valence-electron chi connectivity index (χ1n) is 10.9. The number of benzene rings is 1. The van der Waals surface area contributed by atoms with E-state index in [1.807, 2.05) is 25.7 Å². The summed E-state index contributed by atoms with van der Waals surface area (Å²) in [7, 11) is 0. The van der Waals surface area contributed by atoms with Crippen molar-refractivity contribution in [3.05, 3.63) is 33.9 Å². The highest BCUT2D eigenvalue weighted by Gasteiger charge is 2.30. The number of hydrogen-bond donors (Lipinski definition) is 0. The van der Waals surface area contributed by atoms with Gasteiger partial charge in [-0.1, -0.05) is 6.92 Å². The first kappa shape index (κ1) is 22.8. The Balaban J connectivity index is 1.69. The number of nitrogens with zero attached hydrogens (tertiary/aromatic N) is 4. The van der Waals surface area contributed by atoms with E-state index in [0.29, 0.717) is 43.3 Å². The lowest BCUT2D eigenvalue weighted by Crippen LogP contribution is -2.51. The van der Waals surface area contributed by atoms with Gasteiger partial charge in [0.1, 0.15) is 11.3 Å². The molecule has 2 aliphatic rings. The summed E-state index contributed by atoms with van der Waals surface area (Å²) in [5.74, 6) is 0.224. The maximum absolute atomic E-state index is 13.0. The molecule has 2 aliphatic heterocycles. The lowest BCUT2D eigenvalue weighted by atomic mass is 9.99. The predicted molar refractivity (Wildman–Crippen MR) is 117 cm³/mol. The molecule has 1 aromatic rings. The van der Waals surface area contributed by atoms with Crippen LogP contribution in [0.4, 0.5) is 16.2 Å². The molecule has 170 valence electrons. The van der Waals surface area contributed by atoms with E-state index in [9.17, 15) is 19.7 Å². The Labute approximate surface area is 183 Å². The second-order valence-corrected chi connectivity index (χ2v) is 9.41. The zero-order valence-electron chi connectivity index (χ0n) is 18.8. The molecule has 1 atom stereocenters. The number of carbonyl (C=O) groups excluding carboxylic acids is 2. The Kier molecular flexibility index (Phi) is 6.71. The molecule has 0 saturated carbocycles. The molecule has 2 saturated heterocycles. The zero-order chi connectivity index (χ0) is 22.8. The van der Waals surface area contributed by atoms with Gasteiger partial charge in [-0.25, -0.2) is 4.79 Å². The molecule has 0 radical (unpaired) electrons. The van der Waals surface area contributed by atoms with Crippen molar-refractivity contribution in [2.24, 2.45) is 5.92 Å². The topological polar surface area (TPSA) is 96.2 Å². The van der Waals surface area contributed by atoms with E-state index in [-0.39, 0.29) is 11.6 Å². The van der Waals surface area contributed by atoms with Crippen molar-refractivity contribution in [1.29, 1.82) is 0 Å². The number of hydrogen-bond acceptors (Lipinski definition) is 6. The standard InChI is InChI=1S/C22H32N4O5/c1-16-6-5-9-25(15-16)18-8-7-17(14-19(18)26(29)30)20(27)23-10-12-24(13-11-23)21(28)31-22(2,3)4/h7-8,14,16H,5-6,9-13,15H2,1-4H3. The number of piperazine rings is 1. The number of amides is 2. The van der Waals surface area contributed by atoms with Crippen molar-refractivity contribution >= 4 is 23.4 Å². The average molecular weight is 433 g/mol. The van der Waals surface area contributed by atoms with Crippen molar-refractivity contribution in [3.8, 4) is 0 Å². The summed E-state index contributed by atoms with van der Waals surface area (Å²) < 4.78 is 5.38. The number of piperidine rings is 1. The molecule has 2 fully saturated rings. The first-order chi connectivity index (χ1) is 14.5. The monoisotopic (exact) mass is 432 g/mol. The molecule has 0 N–H and O–H groups in total. The highest BCUT2D eigenvalue weighted by molar-refractivity contribution is 5.96. The van der Waals surface area contributed by atoms with Gasteiger partial charge in [0.15, 0.2) is 0 Å². The second kappa shape index (κ2) is 9.11. The summed E-state index contributed by atoms with van der Waals surface area (Å²) in [6.45, 7) is 10.6. The number of nitro benzene ring substituents is 1. The molecular formula is C22H32N4O5. The van der Waals surface area contributed by atoms with Gasteiger partial charge in [-0.2, -0.15) is 0 Å². The molecule has 0 aliphatic carbocycles. The molecule has 3 rings (SSSR count). The van der Waals surface area contributed by atoms with Crippen molar-refractivity contribution < 1.29 is 19.2 Å². The SMILES string of the molecule is CC1CCCN(c2ccc(C(=O)N3CCN(C(=O)OC(C)(C)C)CC3)cc2[N+](=O)[O-])C1. The van der Waals surface area contributed by atoms with Crippen LogP contribution in [0, 0.1) is 16.0 Å². The van der Waals surface area contributed by atoms with Crippen molar-refractivity contribution in [3.63, 3.8) is 0 Å². The van der Waals surface area contributed by atoms with Crippen molar-refractivity contribution in [1.82, 2.24) is 9.80 Å². The molecule has 0 spiro atoms. The lowest BCUT2D eigenvalue weighted by molar-refractivity contribution is -0.384. The Hall–Kier alpha value is -2.84. The maximum atomic E-state index is 13.0. The van der Waals surface area contributed by atoms with Crippen LogP contribution in [0.25, 0.3) is 0 Å². The van der Waals surface area contributed by atoms with E-state index in [2.05, 4.69) is 6.92 Å². The van der Waals surface area contributed by atoms with Gasteiger partial charge in [-0.05, 0) is 51.7 Å². The van der Waals surface area contributed by atoms with E-state index in [1.54, 1.807) is 21.9 Å². The fourth-order valence-electron chi connectivity index (χ4n) is 4.08. The molecule has 9 nitrogen and oxygen atoms in total. The van der Waals surface area contributed by atoms with Crippen LogP contribution in [0.1, 0.15) is 50.9 Å². The maximum Gasteiger partial charge on any atom is 0.410 e. The molecule has 31 heavy (non-hydrogen) atoms. The summed E-state index contributed by atoms with van der Waals surface area (Å²) in [6, 6.07) is 4.75. The molecule has 0 bridgehead atoms. The number of ether oxygens (including phenoxy) is 1. The summed E-state index contributed by atoms with van der Waals surface area (Å²) in [5.41, 5.74) is 0.262. The van der Waals surface area contributed by atoms with Crippen molar-refractivity contribution in [2.45, 2.75) is 46.1 Å². The number of nitro groups is 1. The van der Waals surface area contributed by atoms with Gasteiger partial charge in [-0.3, -0.25) is 14.9 Å². The fraction of sp³-hybridized carbons (Fsp3) is 0.636. The molecule has 1 unspecified atom stereocenters. The molecule has 2 amide bonds. The minimum atomic E-state index is -0.573. The molecule has 2 heterocycles. The quantitative estimate of drug-likeness (QED) is 0.536. The first-order valence-corrected chi connectivity index (χ1v) is 10.9. The van der Waals surface area contributed by atoms with E-state index in [1.165, 1.54) is 6.07 Å². The van der Waals surface area contributed by atoms with Crippen LogP contribution < -0.4 is 4.90 Å². The molecule has 9 heteroatoms. The van der Waals surface area contributed by atoms with Crippen LogP contribution in [-0.2, 0) is 4.74 Å². The number of carbonyl (C=O) groups is 2. The van der Waals surface area contributed by atoms with Gasteiger partial charge >= 0.3 is 6.09 Å². The normalized spacial score (nSPS) is 19.9. The Morgan fingerprint density at radius 2 is 1.74 bits per heavy atom. The Bertz CT molecular complexity index is 843. The van der Waals surface area contributed by atoms with E-state index in [0.717, 1.165) is 25.9 Å². The van der Waals surface area contributed by atoms with Gasteiger partial charge in [-0.15, -0.1) is 0 Å². The van der Waals surface area contributed by atoms with Crippen LogP contribution >= 0.6 is 0 Å². The van der Waals surface area contributed by atoms with E-state index in [4.69, 9.17) is 4.74 Å². The summed E-state index contributed by atoms with van der Waals surface area (Å²) in [4.78, 5) is 41.8. The van der Waals surface area contributed by atoms with Gasteiger partial charge in [0.05, 0.1) is 4.92 Å². The third kappa shape index (κ3) is 5.65. The smallest absolute Gasteiger partial charge is 0.410 e. The third-order valence-electron chi connectivity index (χ3n) is 5.64. The minimum absolute atomic E-state index is 0.0349. The van der Waals surface area contributed by atoms with Gasteiger partial charge < -0.3 is 19.4 Å². The van der Waals surface area contributed by atoms with E-state index < -0.39 is 16.6 Å². The predicted octanol–water partition coefficient (Wildman–Crippen LogP) is 3.52. The summed E-state index contributed by atoms with van der Waals surface area (Å²) in [6.07, 6.45) is 1.73. The molecule has 1 aromatic carbocycles. The van der Waals surface area contributed by atoms with E-state index >= 15 is 0 Å². The highest BCUT2D eigenvalue weighted by Crippen LogP contribution is 2.32. The van der Waals surface area contributed by atoms with Crippen LogP contribution in [0.2, 0.25) is 0 Å². The second-order valence-electron chi connectivity index (χ2n) is 9.41. The highest BCUT2D eigenvalue weighted by atomic mass is 16.6. The zero-order valence-corrected chi connectivity index (χ0v) is 18.8. The number of anilines is 1. The minimum Gasteiger partial charge on any atom is -0.444 e. The van der Waals surface area contributed by atoms with Crippen LogP contribution in [-0.4, -0.2) is 71.6 Å². The van der Waals surface area contributed by atoms with Gasteiger partial charge in [0.2, 0.25) is 0 Å². The van der Waals surface area contributed by atoms with Crippen LogP contribution in [0.5, 0.6) is 0 Å². The molecular weight excluding hydrogens is 400 g/mol. The largest absolute Gasteiger partial charge is 0.444 e. The van der Waals surface area contributed by atoms with Gasteiger partial charge in [0, 0.05) is 50.9 Å². The fourth-order valence-corrected chi connectivity index (χ4v) is 4.08. The van der Waals surface area contributed by atoms with Gasteiger partial charge in [0.25, 0.3) is 11.6 Å². The van der Waals surface area contributed by atoms with Crippen molar-refractivity contribution in [2.75, 3.05) is 44.2 Å². The number of rotatable bonds is 3. The average Bonchev–Trinajstić information content (AvgIpc) is 2.71. The third-order valence-corrected chi connectivity index (χ3v) is 5.64. The van der Waals surface area contributed by atoms with Crippen LogP contribution in [0.3, 0.4) is 0 Å². The lowest BCUT2D eigenvalue weighted by Gasteiger charge is -2.35. The molecule has 0 aromatic heterocycles. The Morgan fingerprint density at radius 3 is 2.32 bits per heavy atom. The summed E-state index contributed by atoms with van der Waals surface area (Å²) in [5, 5.41) is 11.7. The Morgan fingerprint density at radius 1 is 1.10 bits per heavy atom.